The molecule has 0 radical (unpaired) electrons. The van der Waals surface area contributed by atoms with Gasteiger partial charge in [0.05, 0.1) is 0 Å². The number of nitrogens with zero attached hydrogens (tertiary/aromatic N) is 1. The summed E-state index contributed by atoms with van der Waals surface area (Å²) in [5.74, 6) is 0. The number of anilines is 3. The molecule has 3 heteroatoms. The van der Waals surface area contributed by atoms with E-state index in [4.69, 9.17) is 4.42 Å². The van der Waals surface area contributed by atoms with Crippen molar-refractivity contribution in [3.8, 4) is 33.4 Å². The van der Waals surface area contributed by atoms with Crippen molar-refractivity contribution in [2.45, 2.75) is 0 Å². The van der Waals surface area contributed by atoms with Crippen molar-refractivity contribution >= 4 is 67.8 Å². The molecule has 0 bridgehead atoms. The number of furan rings is 1. The quantitative estimate of drug-likeness (QED) is 0.101. The molecule has 11 aromatic rings. The van der Waals surface area contributed by atoms with Crippen molar-refractivity contribution in [3.63, 3.8) is 0 Å². The average molecular weight is 822 g/mol. The van der Waals surface area contributed by atoms with Gasteiger partial charge < -0.3 is 9.32 Å². The summed E-state index contributed by atoms with van der Waals surface area (Å²) in [4.78, 5) is 2.33. The van der Waals surface area contributed by atoms with Gasteiger partial charge in [-0.15, -0.1) is 0 Å². The monoisotopic (exact) mass is 821 g/mol. The molecule has 1 aromatic heterocycles. The molecule has 0 saturated heterocycles. The fourth-order valence-corrected chi connectivity index (χ4v) is 14.2. The predicted molar refractivity (Wildman–Crippen MR) is 268 cm³/mol. The van der Waals surface area contributed by atoms with E-state index in [9.17, 15) is 0 Å². The van der Waals surface area contributed by atoms with Gasteiger partial charge in [0.15, 0.2) is 8.07 Å². The zero-order valence-electron chi connectivity index (χ0n) is 34.7. The lowest BCUT2D eigenvalue weighted by Gasteiger charge is -2.34. The van der Waals surface area contributed by atoms with Gasteiger partial charge in [-0.1, -0.05) is 206 Å². The van der Waals surface area contributed by atoms with Gasteiger partial charge in [0.1, 0.15) is 11.2 Å². The summed E-state index contributed by atoms with van der Waals surface area (Å²) >= 11 is 0. The Kier molecular flexibility index (Phi) is 9.93. The minimum Gasteiger partial charge on any atom is -0.456 e. The lowest BCUT2D eigenvalue weighted by molar-refractivity contribution is 0.669. The molecule has 0 aliphatic rings. The summed E-state index contributed by atoms with van der Waals surface area (Å²) in [5, 5.41) is 7.65. The Morgan fingerprint density at radius 1 is 0.254 bits per heavy atom. The zero-order chi connectivity index (χ0) is 42.0. The lowest BCUT2D eigenvalue weighted by atomic mass is 10.0. The Hall–Kier alpha value is -7.98. The van der Waals surface area contributed by atoms with Crippen molar-refractivity contribution in [1.29, 1.82) is 0 Å². The molecule has 298 valence electrons. The molecule has 1 heterocycles. The molecule has 0 saturated carbocycles. The fraction of sp³-hybridized carbons (Fsp3) is 0. The van der Waals surface area contributed by atoms with Crippen molar-refractivity contribution < 1.29 is 4.42 Å². The zero-order valence-corrected chi connectivity index (χ0v) is 35.7. The molecule has 0 spiro atoms. The van der Waals surface area contributed by atoms with Crippen LogP contribution >= 0.6 is 0 Å². The third-order valence-electron chi connectivity index (χ3n) is 12.4. The largest absolute Gasteiger partial charge is 0.456 e. The second kappa shape index (κ2) is 16.5. The van der Waals surface area contributed by atoms with Crippen molar-refractivity contribution in [1.82, 2.24) is 0 Å². The van der Waals surface area contributed by atoms with Crippen LogP contribution in [0.4, 0.5) is 17.1 Å². The first-order valence-electron chi connectivity index (χ1n) is 21.6. The number of hydrogen-bond donors (Lipinski definition) is 0. The van der Waals surface area contributed by atoms with E-state index in [1.54, 1.807) is 0 Å². The molecular weight excluding hydrogens is 779 g/mol. The van der Waals surface area contributed by atoms with Gasteiger partial charge in [-0.05, 0) is 103 Å². The molecule has 2 nitrogen and oxygen atoms in total. The maximum atomic E-state index is 6.64. The second-order valence-corrected chi connectivity index (χ2v) is 19.9. The summed E-state index contributed by atoms with van der Waals surface area (Å²) in [5.41, 5.74) is 11.9. The predicted octanol–water partition coefficient (Wildman–Crippen LogP) is 13.4. The lowest BCUT2D eigenvalue weighted by Crippen LogP contribution is -2.74. The maximum Gasteiger partial charge on any atom is 0.179 e. The van der Waals surface area contributed by atoms with Crippen LogP contribution in [0.2, 0.25) is 0 Å². The van der Waals surface area contributed by atoms with Crippen LogP contribution in [0, 0.1) is 0 Å². The molecular formula is C60H43NOSi. The molecule has 0 unspecified atom stereocenters. The highest BCUT2D eigenvalue weighted by Crippen LogP contribution is 2.40. The topological polar surface area (TPSA) is 16.4 Å². The van der Waals surface area contributed by atoms with E-state index in [-0.39, 0.29) is 0 Å². The first kappa shape index (κ1) is 38.0. The Bertz CT molecular complexity index is 3200. The third kappa shape index (κ3) is 7.05. The van der Waals surface area contributed by atoms with Gasteiger partial charge in [0.2, 0.25) is 0 Å². The van der Waals surface area contributed by atoms with Gasteiger partial charge in [0, 0.05) is 33.9 Å². The number of benzene rings is 10. The van der Waals surface area contributed by atoms with E-state index >= 15 is 0 Å². The van der Waals surface area contributed by atoms with E-state index < -0.39 is 8.07 Å². The van der Waals surface area contributed by atoms with Crippen molar-refractivity contribution in [2.24, 2.45) is 0 Å². The molecule has 0 aliphatic heterocycles. The minimum atomic E-state index is -2.68. The summed E-state index contributed by atoms with van der Waals surface area (Å²) in [6, 6.07) is 94.7. The van der Waals surface area contributed by atoms with Gasteiger partial charge >= 0.3 is 0 Å². The Labute approximate surface area is 369 Å². The van der Waals surface area contributed by atoms with Crippen LogP contribution in [0.3, 0.4) is 0 Å². The first-order valence-corrected chi connectivity index (χ1v) is 23.6. The molecule has 0 N–H and O–H groups in total. The number of rotatable bonds is 10. The molecule has 0 atom stereocenters. The van der Waals surface area contributed by atoms with E-state index in [0.717, 1.165) is 44.6 Å². The molecule has 0 aliphatic carbocycles. The van der Waals surface area contributed by atoms with E-state index in [0.29, 0.717) is 0 Å². The van der Waals surface area contributed by atoms with Gasteiger partial charge in [-0.25, -0.2) is 0 Å². The third-order valence-corrected chi connectivity index (χ3v) is 17.2. The molecule has 63 heavy (non-hydrogen) atoms. The second-order valence-electron chi connectivity index (χ2n) is 16.1. The van der Waals surface area contributed by atoms with Crippen LogP contribution in [0.5, 0.6) is 0 Å². The van der Waals surface area contributed by atoms with E-state index in [1.165, 1.54) is 48.6 Å². The van der Waals surface area contributed by atoms with E-state index in [1.807, 2.05) is 6.07 Å². The minimum absolute atomic E-state index is 0.856. The van der Waals surface area contributed by atoms with E-state index in [2.05, 4.69) is 260 Å². The average Bonchev–Trinajstić information content (AvgIpc) is 3.74. The van der Waals surface area contributed by atoms with Crippen LogP contribution < -0.4 is 25.6 Å². The summed E-state index contributed by atoms with van der Waals surface area (Å²) in [6.07, 6.45) is 0. The highest BCUT2D eigenvalue weighted by Gasteiger charge is 2.41. The Balaban J connectivity index is 1.01. The van der Waals surface area contributed by atoms with Crippen LogP contribution in [-0.4, -0.2) is 8.07 Å². The van der Waals surface area contributed by atoms with Crippen LogP contribution in [-0.2, 0) is 0 Å². The molecule has 11 rings (SSSR count). The maximum absolute atomic E-state index is 6.64. The number of hydrogen-bond acceptors (Lipinski definition) is 2. The highest BCUT2D eigenvalue weighted by atomic mass is 28.3. The van der Waals surface area contributed by atoms with Crippen LogP contribution in [0.15, 0.2) is 265 Å². The highest BCUT2D eigenvalue weighted by molar-refractivity contribution is 7.19. The molecule has 10 aromatic carbocycles. The fourth-order valence-electron chi connectivity index (χ4n) is 9.40. The summed E-state index contributed by atoms with van der Waals surface area (Å²) in [7, 11) is -2.68. The van der Waals surface area contributed by atoms with Crippen molar-refractivity contribution in [2.75, 3.05) is 4.90 Å². The summed E-state index contributed by atoms with van der Waals surface area (Å²) in [6.45, 7) is 0. The first-order chi connectivity index (χ1) is 31.2. The van der Waals surface area contributed by atoms with Gasteiger partial charge in [-0.3, -0.25) is 0 Å². The SMILES string of the molecule is c1ccc(-c2ccc(N(c3ccc(-c4cccc([Si](c5ccccc5)(c5ccccc5)c5ccccc5)c4)cc3)c3ccc4c(c3)oc3cc(-c5ccccc5)ccc34)cc2)cc1. The van der Waals surface area contributed by atoms with Gasteiger partial charge in [-0.2, -0.15) is 0 Å². The standard InChI is InChI=1S/C60H43NOSi/c1-6-17-44(18-7-1)46-29-34-50(35-30-46)61(52-38-40-58-57-39-33-49(45-19-8-2-9-20-45)42-59(57)62-60(58)43-52)51-36-31-47(32-37-51)48-21-16-28-56(41-48)63(53-22-10-3-11-23-53,54-24-12-4-13-25-54)55-26-14-5-15-27-55/h1-43H. The van der Waals surface area contributed by atoms with Crippen LogP contribution in [0.25, 0.3) is 55.3 Å². The van der Waals surface area contributed by atoms with Gasteiger partial charge in [0.25, 0.3) is 0 Å². The van der Waals surface area contributed by atoms with Crippen molar-refractivity contribution in [3.05, 3.63) is 261 Å². The Morgan fingerprint density at radius 3 is 1.13 bits per heavy atom. The van der Waals surface area contributed by atoms with Crippen LogP contribution in [0.1, 0.15) is 0 Å². The molecule has 0 amide bonds. The number of fused-ring (bicyclic) bond motifs is 3. The Morgan fingerprint density at radius 2 is 0.603 bits per heavy atom. The normalized spacial score (nSPS) is 11.5. The molecule has 0 fully saturated rings. The summed E-state index contributed by atoms with van der Waals surface area (Å²) < 4.78 is 6.64. The smallest absolute Gasteiger partial charge is 0.179 e.